The Hall–Kier alpha value is -6.13. The van der Waals surface area contributed by atoms with Gasteiger partial charge in [-0.1, -0.05) is 59.3 Å². The van der Waals surface area contributed by atoms with Gasteiger partial charge < -0.3 is 62.1 Å². The topological polar surface area (TPSA) is 311 Å². The van der Waals surface area contributed by atoms with Crippen molar-refractivity contribution in [3.05, 3.63) is 17.8 Å². The molecule has 1 saturated heterocycles. The smallest absolute Gasteiger partial charge is 0.276 e. The van der Waals surface area contributed by atoms with E-state index >= 15 is 0 Å². The van der Waals surface area contributed by atoms with E-state index in [0.29, 0.717) is 31.7 Å². The highest BCUT2D eigenvalue weighted by atomic mass is 16.3. The van der Waals surface area contributed by atoms with Gasteiger partial charge in [-0.3, -0.25) is 47.9 Å². The number of hydrogen-bond donors (Lipinski definition) is 9. The lowest BCUT2D eigenvalue weighted by molar-refractivity contribution is -0.138. The number of amides is 10. The normalized spacial score (nSPS) is 16.2. The highest BCUT2D eigenvalue weighted by Crippen LogP contribution is 2.32. The molecule has 75 heavy (non-hydrogen) atoms. The molecule has 3 rings (SSSR count). The second kappa shape index (κ2) is 28.7. The Balaban J connectivity index is 1.51. The average Bonchev–Trinajstić information content (AvgIpc) is 3.98. The molecule has 2 unspecified atom stereocenters. The molecular weight excluding hydrogens is 969 g/mol. The molecule has 0 aromatic carbocycles. The van der Waals surface area contributed by atoms with Crippen LogP contribution in [0.25, 0.3) is 0 Å². The van der Waals surface area contributed by atoms with Crippen LogP contribution in [0.1, 0.15) is 169 Å². The van der Waals surface area contributed by atoms with Crippen LogP contribution in [0.3, 0.4) is 0 Å². The van der Waals surface area contributed by atoms with Crippen LogP contribution in [0.15, 0.2) is 10.7 Å². The number of likely N-dealkylation sites (tertiary alicyclic amines) is 1. The molecule has 1 aromatic rings. The number of nitrogens with one attached hydrogen (secondary N) is 9. The summed E-state index contributed by atoms with van der Waals surface area (Å²) in [4.78, 5) is 141. The third kappa shape index (κ3) is 20.5. The van der Waals surface area contributed by atoms with E-state index in [1.54, 1.807) is 6.92 Å². The third-order valence-electron chi connectivity index (χ3n) is 13.3. The molecule has 2 heterocycles. The van der Waals surface area contributed by atoms with Crippen LogP contribution < -0.4 is 47.9 Å². The van der Waals surface area contributed by atoms with Crippen LogP contribution in [-0.2, 0) is 43.2 Å². The van der Waals surface area contributed by atoms with Gasteiger partial charge in [0.1, 0.15) is 41.0 Å². The van der Waals surface area contributed by atoms with E-state index in [9.17, 15) is 47.9 Å². The lowest BCUT2D eigenvalue weighted by atomic mass is 9.76. The van der Waals surface area contributed by atoms with Crippen LogP contribution in [0.2, 0.25) is 0 Å². The predicted octanol–water partition coefficient (Wildman–Crippen LogP) is 1.38. The third-order valence-corrected chi connectivity index (χ3v) is 13.3. The Bertz CT molecular complexity index is 2170. The lowest BCUT2D eigenvalue weighted by Crippen LogP contribution is -2.64. The lowest BCUT2D eigenvalue weighted by Gasteiger charge is -2.44. The summed E-state index contributed by atoms with van der Waals surface area (Å²) >= 11 is 0. The predicted molar refractivity (Wildman–Crippen MR) is 280 cm³/mol. The number of carbonyl (C=O) groups excluding carboxylic acids is 10. The molecule has 2 fully saturated rings. The van der Waals surface area contributed by atoms with Gasteiger partial charge in [-0.05, 0) is 107 Å². The van der Waals surface area contributed by atoms with Gasteiger partial charge in [-0.2, -0.15) is 0 Å². The fourth-order valence-electron chi connectivity index (χ4n) is 8.98. The molecule has 23 nitrogen and oxygen atoms in total. The Morgan fingerprint density at radius 2 is 1.35 bits per heavy atom. The number of oxazole rings is 1. The molecule has 9 N–H and O–H groups in total. The molecule has 0 bridgehead atoms. The number of unbranched alkanes of at least 4 members (excludes halogenated alkanes) is 5. The van der Waals surface area contributed by atoms with Crippen LogP contribution in [0.4, 0.5) is 0 Å². The molecule has 0 spiro atoms. The molecule has 23 heteroatoms. The summed E-state index contributed by atoms with van der Waals surface area (Å²) in [6, 6.07) is -2.97. The van der Waals surface area contributed by atoms with Crippen LogP contribution in [-0.4, -0.2) is 161 Å². The highest BCUT2D eigenvalue weighted by molar-refractivity contribution is 6.00. The SMILES string of the molecule is CCCCCCCCC(NC(=O)C1CCCN1C(=O)c1coc(C)n1)C(=O)NCC(=O)NC(C)(C)C(=O)NCC(=O)N[C@@H](CC(C)C)C(=O)NC(C)(C)C(=O)NC(C)(C)C(=O)NCCC(=O)NC1(CN(C)C)CCC1. The van der Waals surface area contributed by atoms with Gasteiger partial charge in [0.2, 0.25) is 53.2 Å². The zero-order valence-corrected chi connectivity index (χ0v) is 46.7. The molecular formula is C52H88N12O11. The van der Waals surface area contributed by atoms with Gasteiger partial charge in [0.15, 0.2) is 11.6 Å². The van der Waals surface area contributed by atoms with Gasteiger partial charge in [-0.15, -0.1) is 0 Å². The number of rotatable bonds is 31. The fraction of sp³-hybridized carbons (Fsp3) is 0.750. The van der Waals surface area contributed by atoms with E-state index in [1.807, 2.05) is 32.8 Å². The number of nitrogens with zero attached hydrogens (tertiary/aromatic N) is 3. The first-order valence-electron chi connectivity index (χ1n) is 26.6. The zero-order chi connectivity index (χ0) is 56.3. The zero-order valence-electron chi connectivity index (χ0n) is 46.7. The van der Waals surface area contributed by atoms with Gasteiger partial charge >= 0.3 is 0 Å². The summed E-state index contributed by atoms with van der Waals surface area (Å²) in [6.45, 7) is 16.1. The van der Waals surface area contributed by atoms with E-state index in [2.05, 4.69) is 59.8 Å². The Labute approximate surface area is 442 Å². The van der Waals surface area contributed by atoms with Crippen molar-refractivity contribution in [1.29, 1.82) is 0 Å². The van der Waals surface area contributed by atoms with E-state index in [-0.39, 0.29) is 48.9 Å². The fourth-order valence-corrected chi connectivity index (χ4v) is 8.98. The second-order valence-electron chi connectivity index (χ2n) is 22.5. The molecule has 3 atom stereocenters. The molecule has 1 aliphatic heterocycles. The van der Waals surface area contributed by atoms with E-state index < -0.39 is 101 Å². The first-order chi connectivity index (χ1) is 35.0. The monoisotopic (exact) mass is 1060 g/mol. The minimum atomic E-state index is -1.58. The van der Waals surface area contributed by atoms with Crippen LogP contribution in [0.5, 0.6) is 0 Å². The molecule has 0 radical (unpaired) electrons. The Kier molecular flexibility index (Phi) is 24.2. The number of likely N-dealkylation sites (N-methyl/N-ethyl adjacent to an activating group) is 1. The van der Waals surface area contributed by atoms with Gasteiger partial charge in [0, 0.05) is 33.0 Å². The molecule has 1 aliphatic carbocycles. The van der Waals surface area contributed by atoms with Crippen molar-refractivity contribution in [3.63, 3.8) is 0 Å². The van der Waals surface area contributed by atoms with Crippen molar-refractivity contribution < 1.29 is 52.4 Å². The van der Waals surface area contributed by atoms with E-state index in [1.165, 1.54) is 52.7 Å². The average molecular weight is 1060 g/mol. The van der Waals surface area contributed by atoms with Crippen molar-refractivity contribution in [2.75, 3.05) is 46.8 Å². The minimum absolute atomic E-state index is 0.0499. The van der Waals surface area contributed by atoms with Crippen molar-refractivity contribution in [2.45, 2.75) is 199 Å². The number of hydrogen-bond acceptors (Lipinski definition) is 13. The minimum Gasteiger partial charge on any atom is -0.448 e. The molecule has 422 valence electrons. The van der Waals surface area contributed by atoms with E-state index in [0.717, 1.165) is 57.9 Å². The quantitative estimate of drug-likeness (QED) is 0.0476. The second-order valence-corrected chi connectivity index (χ2v) is 22.5. The van der Waals surface area contributed by atoms with Crippen LogP contribution >= 0.6 is 0 Å². The molecule has 2 aliphatic rings. The molecule has 1 aromatic heterocycles. The summed E-state index contributed by atoms with van der Waals surface area (Å²) in [7, 11) is 3.90. The maximum atomic E-state index is 13.7. The first kappa shape index (κ1) is 63.2. The summed E-state index contributed by atoms with van der Waals surface area (Å²) in [5.41, 5.74) is -4.75. The summed E-state index contributed by atoms with van der Waals surface area (Å²) in [5.74, 6) is -5.65. The van der Waals surface area contributed by atoms with E-state index in [4.69, 9.17) is 4.42 Å². The van der Waals surface area contributed by atoms with Gasteiger partial charge in [-0.25, -0.2) is 4.98 Å². The number of carbonyl (C=O) groups is 10. The Morgan fingerprint density at radius 3 is 1.95 bits per heavy atom. The number of aromatic nitrogens is 1. The first-order valence-corrected chi connectivity index (χ1v) is 26.6. The number of aryl methyl sites for hydroxylation is 1. The largest absolute Gasteiger partial charge is 0.448 e. The summed E-state index contributed by atoms with van der Waals surface area (Å²) in [6.07, 6.45) is 11.1. The Morgan fingerprint density at radius 1 is 0.733 bits per heavy atom. The van der Waals surface area contributed by atoms with Crippen LogP contribution in [0, 0.1) is 12.8 Å². The maximum Gasteiger partial charge on any atom is 0.276 e. The summed E-state index contributed by atoms with van der Waals surface area (Å²) in [5, 5.41) is 24.2. The molecule has 10 amide bonds. The highest BCUT2D eigenvalue weighted by Gasteiger charge is 2.41. The van der Waals surface area contributed by atoms with Crippen molar-refractivity contribution in [1.82, 2.24) is 62.6 Å². The van der Waals surface area contributed by atoms with Crippen molar-refractivity contribution in [2.24, 2.45) is 5.92 Å². The molecule has 1 saturated carbocycles. The maximum absolute atomic E-state index is 13.7. The van der Waals surface area contributed by atoms with Crippen molar-refractivity contribution in [3.8, 4) is 0 Å². The van der Waals surface area contributed by atoms with Crippen molar-refractivity contribution >= 4 is 59.1 Å². The van der Waals surface area contributed by atoms with Gasteiger partial charge in [0.25, 0.3) is 5.91 Å². The summed E-state index contributed by atoms with van der Waals surface area (Å²) < 4.78 is 5.19. The standard InChI is InChI=1S/C52H88N12O11/c1-13-14-15-16-17-18-21-35(58-44(70)38-22-19-27-64(38)45(71)37-31-75-34(4)56-37)42(68)54-30-41(67)59-49(5,6)47(73)55-29-40(66)57-36(28-33(2)3)43(69)61-51(9,10)48(74)62-50(7,8)46(72)53-26-23-39(65)60-52(24-20-25-52)32-63(11)12/h31,33,35-36,38H,13-30,32H2,1-12H3,(H,53,72)(H,54,68)(H,55,73)(H,57,66)(H,58,70)(H,59,67)(H,60,65)(H,61,69)(H,62,74)/t35?,36-,38?/m0/s1. The van der Waals surface area contributed by atoms with Gasteiger partial charge in [0.05, 0.1) is 18.6 Å².